The maximum atomic E-state index is 12.4. The van der Waals surface area contributed by atoms with Crippen LogP contribution in [0.25, 0.3) is 0 Å². The molecule has 4 amide bonds. The van der Waals surface area contributed by atoms with E-state index in [-0.39, 0.29) is 36.1 Å². The third-order valence-electron chi connectivity index (χ3n) is 4.77. The highest BCUT2D eigenvalue weighted by Gasteiger charge is 2.51. The topological polar surface area (TPSA) is 122 Å². The summed E-state index contributed by atoms with van der Waals surface area (Å²) in [6.45, 7) is 2.82. The van der Waals surface area contributed by atoms with Gasteiger partial charge in [0.1, 0.15) is 6.04 Å². The number of likely N-dealkylation sites (N-methyl/N-ethyl adjacent to an activating group) is 1. The second kappa shape index (κ2) is 8.77. The molecule has 0 radical (unpaired) electrons. The number of carbonyl (C=O) groups excluding carboxylic acids is 5. The summed E-state index contributed by atoms with van der Waals surface area (Å²) in [5.41, 5.74) is 0. The smallest absolute Gasteiger partial charge is 0.329 e. The molecule has 2 N–H and O–H groups in total. The van der Waals surface area contributed by atoms with Crippen LogP contribution in [0.5, 0.6) is 0 Å². The Labute approximate surface area is 151 Å². The summed E-state index contributed by atoms with van der Waals surface area (Å²) in [4.78, 5) is 60.9. The first-order valence-corrected chi connectivity index (χ1v) is 8.93. The molecular formula is C17H25N3O6. The molecule has 9 heteroatoms. The summed E-state index contributed by atoms with van der Waals surface area (Å²) in [7, 11) is 0. The van der Waals surface area contributed by atoms with Gasteiger partial charge in [0.2, 0.25) is 17.7 Å². The maximum absolute atomic E-state index is 12.4. The average molecular weight is 367 g/mol. The van der Waals surface area contributed by atoms with Gasteiger partial charge in [-0.15, -0.1) is 0 Å². The SMILES string of the molecule is CCNC(=O)CNC(=O)COC(=O)[C@H](C)N1C(=O)[C@H]2CCCC[C@H]2C1=O. The monoisotopic (exact) mass is 367 g/mol. The van der Waals surface area contributed by atoms with Crippen LogP contribution in [0.1, 0.15) is 39.5 Å². The number of esters is 1. The molecule has 144 valence electrons. The second-order valence-corrected chi connectivity index (χ2v) is 6.56. The molecule has 0 aromatic heterocycles. The number of nitrogens with one attached hydrogen (secondary N) is 2. The highest BCUT2D eigenvalue weighted by Crippen LogP contribution is 2.38. The summed E-state index contributed by atoms with van der Waals surface area (Å²) in [6, 6.07) is -1.07. The van der Waals surface area contributed by atoms with E-state index in [0.29, 0.717) is 19.4 Å². The number of fused-ring (bicyclic) bond motifs is 1. The normalized spacial score (nSPS) is 23.2. The fourth-order valence-electron chi connectivity index (χ4n) is 3.42. The van der Waals surface area contributed by atoms with Crippen LogP contribution in [0, 0.1) is 11.8 Å². The molecule has 3 atom stereocenters. The lowest BCUT2D eigenvalue weighted by atomic mass is 9.81. The second-order valence-electron chi connectivity index (χ2n) is 6.56. The number of nitrogens with zero attached hydrogens (tertiary/aromatic N) is 1. The van der Waals surface area contributed by atoms with Crippen LogP contribution >= 0.6 is 0 Å². The predicted octanol–water partition coefficient (Wildman–Crippen LogP) is -0.654. The lowest BCUT2D eigenvalue weighted by Crippen LogP contribution is -2.45. The molecule has 0 bridgehead atoms. The lowest BCUT2D eigenvalue weighted by Gasteiger charge is -2.21. The van der Waals surface area contributed by atoms with Crippen molar-refractivity contribution in [3.63, 3.8) is 0 Å². The first-order valence-electron chi connectivity index (χ1n) is 8.93. The standard InChI is InChI=1S/C17H25N3O6/c1-3-18-13(21)8-19-14(22)9-26-17(25)10(2)20-15(23)11-6-4-5-7-12(11)16(20)24/h10-12H,3-9H2,1-2H3,(H,18,21)(H,19,22)/t10-,11-,12+/m0/s1. The zero-order chi connectivity index (χ0) is 19.3. The van der Waals surface area contributed by atoms with Crippen molar-refractivity contribution in [2.45, 2.75) is 45.6 Å². The maximum Gasteiger partial charge on any atom is 0.329 e. The number of amides is 4. The van der Waals surface area contributed by atoms with Gasteiger partial charge in [0, 0.05) is 6.54 Å². The fourth-order valence-corrected chi connectivity index (χ4v) is 3.42. The van der Waals surface area contributed by atoms with E-state index in [9.17, 15) is 24.0 Å². The molecule has 2 rings (SSSR count). The van der Waals surface area contributed by atoms with Crippen molar-refractivity contribution in [2.24, 2.45) is 11.8 Å². The Hall–Kier alpha value is -2.45. The summed E-state index contributed by atoms with van der Waals surface area (Å²) in [5, 5.41) is 4.83. The lowest BCUT2D eigenvalue weighted by molar-refractivity contribution is -0.159. The predicted molar refractivity (Wildman–Crippen MR) is 89.4 cm³/mol. The summed E-state index contributed by atoms with van der Waals surface area (Å²) in [6.07, 6.45) is 3.13. The summed E-state index contributed by atoms with van der Waals surface area (Å²) >= 11 is 0. The molecule has 26 heavy (non-hydrogen) atoms. The van der Waals surface area contributed by atoms with Gasteiger partial charge in [-0.3, -0.25) is 24.1 Å². The van der Waals surface area contributed by atoms with E-state index in [4.69, 9.17) is 4.74 Å². The van der Waals surface area contributed by atoms with E-state index < -0.39 is 24.5 Å². The van der Waals surface area contributed by atoms with Crippen molar-refractivity contribution in [2.75, 3.05) is 19.7 Å². The Morgan fingerprint density at radius 2 is 1.65 bits per heavy atom. The van der Waals surface area contributed by atoms with Crippen LogP contribution in [-0.4, -0.2) is 60.2 Å². The number of likely N-dealkylation sites (tertiary alicyclic amines) is 1. The number of ether oxygens (including phenoxy) is 1. The molecule has 2 fully saturated rings. The molecule has 1 saturated carbocycles. The van der Waals surface area contributed by atoms with Crippen LogP contribution in [0.4, 0.5) is 0 Å². The first-order chi connectivity index (χ1) is 12.4. The van der Waals surface area contributed by atoms with E-state index in [1.54, 1.807) is 6.92 Å². The number of rotatable bonds is 7. The molecule has 1 aliphatic carbocycles. The van der Waals surface area contributed by atoms with Gasteiger partial charge < -0.3 is 15.4 Å². The van der Waals surface area contributed by atoms with E-state index in [1.807, 2.05) is 0 Å². The minimum absolute atomic E-state index is 0.216. The zero-order valence-corrected chi connectivity index (χ0v) is 15.1. The Balaban J connectivity index is 1.83. The molecule has 0 unspecified atom stereocenters. The number of hydrogen-bond donors (Lipinski definition) is 2. The van der Waals surface area contributed by atoms with Gasteiger partial charge in [-0.1, -0.05) is 12.8 Å². The Bertz CT molecular complexity index is 581. The quantitative estimate of drug-likeness (QED) is 0.455. The molecule has 1 heterocycles. The van der Waals surface area contributed by atoms with Gasteiger partial charge in [-0.25, -0.2) is 4.79 Å². The summed E-state index contributed by atoms with van der Waals surface area (Å²) < 4.78 is 4.89. The van der Waals surface area contributed by atoms with Crippen LogP contribution in [0.15, 0.2) is 0 Å². The van der Waals surface area contributed by atoms with Crippen LogP contribution < -0.4 is 10.6 Å². The number of carbonyl (C=O) groups is 5. The van der Waals surface area contributed by atoms with Gasteiger partial charge in [0.15, 0.2) is 6.61 Å². The molecule has 1 aliphatic heterocycles. The van der Waals surface area contributed by atoms with E-state index in [0.717, 1.165) is 17.7 Å². The molecule has 1 saturated heterocycles. The molecule has 2 aliphatic rings. The highest BCUT2D eigenvalue weighted by molar-refractivity contribution is 6.07. The minimum atomic E-state index is -1.07. The van der Waals surface area contributed by atoms with Crippen molar-refractivity contribution in [3.8, 4) is 0 Å². The fraction of sp³-hybridized carbons (Fsp3) is 0.706. The van der Waals surface area contributed by atoms with Gasteiger partial charge in [-0.2, -0.15) is 0 Å². The van der Waals surface area contributed by atoms with Crippen molar-refractivity contribution in [3.05, 3.63) is 0 Å². The third kappa shape index (κ3) is 4.39. The van der Waals surface area contributed by atoms with E-state index in [1.165, 1.54) is 6.92 Å². The zero-order valence-electron chi connectivity index (χ0n) is 15.1. The largest absolute Gasteiger partial charge is 0.454 e. The summed E-state index contributed by atoms with van der Waals surface area (Å²) in [5.74, 6) is -3.15. The van der Waals surface area contributed by atoms with Crippen LogP contribution in [0.2, 0.25) is 0 Å². The Morgan fingerprint density at radius 1 is 1.08 bits per heavy atom. The molecule has 9 nitrogen and oxygen atoms in total. The molecule has 0 spiro atoms. The van der Waals surface area contributed by atoms with Crippen LogP contribution in [-0.2, 0) is 28.7 Å². The first kappa shape index (κ1) is 19.9. The molecule has 0 aromatic rings. The van der Waals surface area contributed by atoms with Gasteiger partial charge >= 0.3 is 5.97 Å². The number of imide groups is 1. The average Bonchev–Trinajstić information content (AvgIpc) is 2.88. The van der Waals surface area contributed by atoms with Gasteiger partial charge in [-0.05, 0) is 26.7 Å². The van der Waals surface area contributed by atoms with E-state index in [2.05, 4.69) is 10.6 Å². The minimum Gasteiger partial charge on any atom is -0.454 e. The van der Waals surface area contributed by atoms with E-state index >= 15 is 0 Å². The molecule has 0 aromatic carbocycles. The van der Waals surface area contributed by atoms with Crippen LogP contribution in [0.3, 0.4) is 0 Å². The Morgan fingerprint density at radius 3 is 2.19 bits per heavy atom. The van der Waals surface area contributed by atoms with Gasteiger partial charge in [0.25, 0.3) is 5.91 Å². The molecular weight excluding hydrogens is 342 g/mol. The third-order valence-corrected chi connectivity index (χ3v) is 4.77. The van der Waals surface area contributed by atoms with Crippen molar-refractivity contribution in [1.29, 1.82) is 0 Å². The van der Waals surface area contributed by atoms with Crippen molar-refractivity contribution >= 4 is 29.6 Å². The van der Waals surface area contributed by atoms with Crippen molar-refractivity contribution < 1.29 is 28.7 Å². The van der Waals surface area contributed by atoms with Crippen molar-refractivity contribution in [1.82, 2.24) is 15.5 Å². The highest BCUT2D eigenvalue weighted by atomic mass is 16.5. The Kier molecular flexibility index (Phi) is 6.70. The number of hydrogen-bond acceptors (Lipinski definition) is 6. The van der Waals surface area contributed by atoms with Gasteiger partial charge in [0.05, 0.1) is 18.4 Å².